The smallest absolute Gasteiger partial charge is 0.233 e. The Hall–Kier alpha value is -3.62. The number of pyridine rings is 1. The van der Waals surface area contributed by atoms with E-state index in [1.54, 1.807) is 30.7 Å². The summed E-state index contributed by atoms with van der Waals surface area (Å²) in [7, 11) is 0. The second kappa shape index (κ2) is 7.95. The van der Waals surface area contributed by atoms with Crippen molar-refractivity contribution in [1.82, 2.24) is 34.8 Å². The quantitative estimate of drug-likeness (QED) is 0.526. The summed E-state index contributed by atoms with van der Waals surface area (Å²) in [6.07, 6.45) is 10.1. The maximum atomic E-state index is 12.4. The van der Waals surface area contributed by atoms with Gasteiger partial charge in [-0.1, -0.05) is 12.1 Å². The van der Waals surface area contributed by atoms with E-state index in [4.69, 9.17) is 4.52 Å². The molecule has 0 aliphatic heterocycles. The lowest BCUT2D eigenvalue weighted by atomic mass is 10.1. The van der Waals surface area contributed by atoms with Crippen LogP contribution in [-0.2, 0) is 11.2 Å². The molecule has 0 fully saturated rings. The normalized spacial score (nSPS) is 12.2. The molecule has 1 N–H and O–H groups in total. The number of nitrogens with zero attached hydrogens (tertiary/aromatic N) is 6. The molecule has 0 unspecified atom stereocenters. The van der Waals surface area contributed by atoms with Crippen molar-refractivity contribution in [3.8, 4) is 11.4 Å². The van der Waals surface area contributed by atoms with Gasteiger partial charge in [0, 0.05) is 49.4 Å². The number of nitrogens with one attached hydrogen (secondary N) is 1. The Morgan fingerprint density at radius 3 is 2.89 bits per heavy atom. The molecule has 4 aromatic rings. The summed E-state index contributed by atoms with van der Waals surface area (Å²) in [6.45, 7) is 2.00. The minimum Gasteiger partial charge on any atom is -0.348 e. The summed E-state index contributed by atoms with van der Waals surface area (Å²) in [5.74, 6) is 1.42. The number of aryl methyl sites for hydroxylation is 1. The molecule has 4 rings (SSSR count). The summed E-state index contributed by atoms with van der Waals surface area (Å²) < 4.78 is 7.08. The first-order valence-corrected chi connectivity index (χ1v) is 9.05. The fourth-order valence-electron chi connectivity index (χ4n) is 2.86. The van der Waals surface area contributed by atoms with Crippen LogP contribution >= 0.6 is 0 Å². The van der Waals surface area contributed by atoms with Crippen LogP contribution in [0.3, 0.4) is 0 Å². The van der Waals surface area contributed by atoms with Gasteiger partial charge in [-0.2, -0.15) is 4.98 Å². The van der Waals surface area contributed by atoms with Crippen LogP contribution in [0.2, 0.25) is 0 Å². The van der Waals surface area contributed by atoms with Gasteiger partial charge in [0.2, 0.25) is 23.4 Å². The van der Waals surface area contributed by atoms with E-state index in [1.165, 1.54) is 0 Å². The SMILES string of the molecule is CC[C@H](NC(=O)CCc1nc(-c2ccncc2)no1)c1cn2cccnc2n1. The Morgan fingerprint density at radius 2 is 2.11 bits per heavy atom. The van der Waals surface area contributed by atoms with Gasteiger partial charge in [0.15, 0.2) is 0 Å². The lowest BCUT2D eigenvalue weighted by molar-refractivity contribution is -0.122. The van der Waals surface area contributed by atoms with E-state index in [-0.39, 0.29) is 18.4 Å². The molecule has 142 valence electrons. The van der Waals surface area contributed by atoms with Crippen LogP contribution in [0.4, 0.5) is 0 Å². The molecule has 0 aliphatic rings. The molecule has 0 saturated carbocycles. The molecular weight excluding hydrogens is 358 g/mol. The molecule has 0 aromatic carbocycles. The molecule has 1 atom stereocenters. The van der Waals surface area contributed by atoms with Gasteiger partial charge in [-0.3, -0.25) is 14.2 Å². The average molecular weight is 377 g/mol. The predicted octanol–water partition coefficient (Wildman–Crippen LogP) is 2.37. The van der Waals surface area contributed by atoms with Crippen molar-refractivity contribution in [3.05, 3.63) is 60.8 Å². The van der Waals surface area contributed by atoms with E-state index in [1.807, 2.05) is 29.8 Å². The zero-order chi connectivity index (χ0) is 19.3. The van der Waals surface area contributed by atoms with Gasteiger partial charge in [-0.15, -0.1) is 0 Å². The van der Waals surface area contributed by atoms with Gasteiger partial charge in [0.1, 0.15) is 0 Å². The summed E-state index contributed by atoms with van der Waals surface area (Å²) in [6, 6.07) is 5.26. The Kier molecular flexibility index (Phi) is 5.05. The monoisotopic (exact) mass is 377 g/mol. The average Bonchev–Trinajstić information content (AvgIpc) is 3.38. The minimum atomic E-state index is -0.177. The summed E-state index contributed by atoms with van der Waals surface area (Å²) in [5.41, 5.74) is 1.60. The van der Waals surface area contributed by atoms with Crippen LogP contribution in [0.15, 0.2) is 53.7 Å². The summed E-state index contributed by atoms with van der Waals surface area (Å²) >= 11 is 0. The van der Waals surface area contributed by atoms with Crippen LogP contribution in [0.25, 0.3) is 17.2 Å². The third-order valence-electron chi connectivity index (χ3n) is 4.33. The molecule has 0 saturated heterocycles. The van der Waals surface area contributed by atoms with Gasteiger partial charge >= 0.3 is 0 Å². The highest BCUT2D eigenvalue weighted by Gasteiger charge is 2.17. The lowest BCUT2D eigenvalue weighted by Crippen LogP contribution is -2.28. The highest BCUT2D eigenvalue weighted by Crippen LogP contribution is 2.17. The number of amides is 1. The second-order valence-electron chi connectivity index (χ2n) is 6.27. The predicted molar refractivity (Wildman–Crippen MR) is 100 cm³/mol. The van der Waals surface area contributed by atoms with Gasteiger partial charge in [0.25, 0.3) is 0 Å². The fraction of sp³-hybridized carbons (Fsp3) is 0.263. The highest BCUT2D eigenvalue weighted by atomic mass is 16.5. The van der Waals surface area contributed by atoms with Crippen LogP contribution < -0.4 is 5.32 Å². The third kappa shape index (κ3) is 3.88. The van der Waals surface area contributed by atoms with Crippen molar-refractivity contribution in [3.63, 3.8) is 0 Å². The first-order chi connectivity index (χ1) is 13.7. The molecule has 4 heterocycles. The Labute approximate surface area is 160 Å². The van der Waals surface area contributed by atoms with Crippen molar-refractivity contribution < 1.29 is 9.32 Å². The van der Waals surface area contributed by atoms with E-state index in [0.717, 1.165) is 17.7 Å². The molecular formula is C19H19N7O2. The van der Waals surface area contributed by atoms with Crippen molar-refractivity contribution in [2.45, 2.75) is 32.2 Å². The number of rotatable bonds is 7. The van der Waals surface area contributed by atoms with Gasteiger partial charge in [-0.05, 0) is 24.6 Å². The number of hydrogen-bond donors (Lipinski definition) is 1. The minimum absolute atomic E-state index is 0.0967. The largest absolute Gasteiger partial charge is 0.348 e. The Bertz CT molecular complexity index is 1040. The zero-order valence-corrected chi connectivity index (χ0v) is 15.3. The summed E-state index contributed by atoms with van der Waals surface area (Å²) in [4.78, 5) is 29.4. The Balaban J connectivity index is 1.36. The van der Waals surface area contributed by atoms with Crippen molar-refractivity contribution in [2.24, 2.45) is 0 Å². The van der Waals surface area contributed by atoms with Crippen molar-refractivity contribution in [1.29, 1.82) is 0 Å². The van der Waals surface area contributed by atoms with Crippen LogP contribution in [-0.4, -0.2) is 35.4 Å². The molecule has 0 aliphatic carbocycles. The molecule has 28 heavy (non-hydrogen) atoms. The fourth-order valence-corrected chi connectivity index (χ4v) is 2.86. The molecule has 9 heteroatoms. The molecule has 0 radical (unpaired) electrons. The second-order valence-corrected chi connectivity index (χ2v) is 6.27. The maximum Gasteiger partial charge on any atom is 0.233 e. The van der Waals surface area contributed by atoms with E-state index < -0.39 is 0 Å². The summed E-state index contributed by atoms with van der Waals surface area (Å²) in [5, 5.41) is 6.96. The van der Waals surface area contributed by atoms with E-state index >= 15 is 0 Å². The van der Waals surface area contributed by atoms with Gasteiger partial charge in [0.05, 0.1) is 11.7 Å². The maximum absolute atomic E-state index is 12.4. The molecule has 9 nitrogen and oxygen atoms in total. The topological polar surface area (TPSA) is 111 Å². The van der Waals surface area contributed by atoms with E-state index in [2.05, 4.69) is 30.4 Å². The van der Waals surface area contributed by atoms with Gasteiger partial charge < -0.3 is 9.84 Å². The lowest BCUT2D eigenvalue weighted by Gasteiger charge is -2.14. The van der Waals surface area contributed by atoms with Crippen LogP contribution in [0, 0.1) is 0 Å². The van der Waals surface area contributed by atoms with Crippen molar-refractivity contribution in [2.75, 3.05) is 0 Å². The van der Waals surface area contributed by atoms with Crippen LogP contribution in [0.5, 0.6) is 0 Å². The molecule has 1 amide bonds. The number of aromatic nitrogens is 6. The van der Waals surface area contributed by atoms with Gasteiger partial charge in [-0.25, -0.2) is 9.97 Å². The van der Waals surface area contributed by atoms with E-state index in [9.17, 15) is 4.79 Å². The third-order valence-corrected chi connectivity index (χ3v) is 4.33. The van der Waals surface area contributed by atoms with Crippen LogP contribution in [0.1, 0.15) is 37.4 Å². The van der Waals surface area contributed by atoms with Crippen molar-refractivity contribution >= 4 is 11.7 Å². The molecule has 0 bridgehead atoms. The number of hydrogen-bond acceptors (Lipinski definition) is 7. The highest BCUT2D eigenvalue weighted by molar-refractivity contribution is 5.76. The number of imidazole rings is 1. The Morgan fingerprint density at radius 1 is 1.25 bits per heavy atom. The first-order valence-electron chi connectivity index (χ1n) is 9.05. The number of carbonyl (C=O) groups is 1. The number of carbonyl (C=O) groups excluding carboxylic acids is 1. The standard InChI is InChI=1S/C19H19N7O2/c1-2-14(15-12-26-11-3-8-21-19(26)23-15)22-16(27)4-5-17-24-18(25-28-17)13-6-9-20-10-7-13/h3,6-12,14H,2,4-5H2,1H3,(H,22,27)/t14-/m0/s1. The first kappa shape index (κ1) is 17.8. The molecule has 4 aromatic heterocycles. The van der Waals surface area contributed by atoms with E-state index in [0.29, 0.717) is 23.9 Å². The zero-order valence-electron chi connectivity index (χ0n) is 15.3. The molecule has 0 spiro atoms. The number of fused-ring (bicyclic) bond motifs is 1.